The average Bonchev–Trinajstić information content (AvgIpc) is 2.97. The van der Waals surface area contributed by atoms with E-state index in [1.807, 2.05) is 11.9 Å². The molecular weight excluding hydrogens is 258 g/mol. The van der Waals surface area contributed by atoms with E-state index < -0.39 is 0 Å². The van der Waals surface area contributed by atoms with E-state index in [4.69, 9.17) is 9.47 Å². The Bertz CT molecular complexity index is 423. The van der Waals surface area contributed by atoms with Gasteiger partial charge in [0.2, 0.25) is 11.9 Å². The van der Waals surface area contributed by atoms with Crippen molar-refractivity contribution < 1.29 is 9.47 Å². The maximum atomic E-state index is 5.64. The van der Waals surface area contributed by atoms with Crippen LogP contribution in [0.2, 0.25) is 0 Å². The molecule has 0 amide bonds. The van der Waals surface area contributed by atoms with Gasteiger partial charge in [-0.05, 0) is 19.3 Å². The number of hydrogen-bond acceptors (Lipinski definition) is 7. The van der Waals surface area contributed by atoms with Crippen LogP contribution in [-0.2, 0) is 4.74 Å². The van der Waals surface area contributed by atoms with Gasteiger partial charge in [0.25, 0.3) is 0 Å². The molecular formula is C13H23N5O2. The first-order valence-corrected chi connectivity index (χ1v) is 7.09. The van der Waals surface area contributed by atoms with Gasteiger partial charge in [-0.2, -0.15) is 15.0 Å². The SMILES string of the molecule is CCCNc1nc(OC)nc(N(C)CC2CCCO2)n1. The van der Waals surface area contributed by atoms with Gasteiger partial charge in [-0.15, -0.1) is 0 Å². The summed E-state index contributed by atoms with van der Waals surface area (Å²) in [5.74, 6) is 1.15. The molecule has 1 aliphatic rings. The molecule has 1 aliphatic heterocycles. The third-order valence-electron chi connectivity index (χ3n) is 3.16. The molecule has 2 heterocycles. The molecule has 0 aromatic carbocycles. The summed E-state index contributed by atoms with van der Waals surface area (Å²) in [7, 11) is 3.52. The lowest BCUT2D eigenvalue weighted by Gasteiger charge is -2.21. The monoisotopic (exact) mass is 281 g/mol. The van der Waals surface area contributed by atoms with Crippen molar-refractivity contribution >= 4 is 11.9 Å². The predicted molar refractivity (Wildman–Crippen MR) is 77.4 cm³/mol. The Morgan fingerprint density at radius 1 is 1.40 bits per heavy atom. The van der Waals surface area contributed by atoms with E-state index in [0.29, 0.717) is 17.9 Å². The standard InChI is InChI=1S/C13H23N5O2/c1-4-7-14-11-15-12(17-13(16-11)19-3)18(2)9-10-6-5-8-20-10/h10H,4-9H2,1-3H3,(H,14,15,16,17). The van der Waals surface area contributed by atoms with Crippen LogP contribution in [0.25, 0.3) is 0 Å². The highest BCUT2D eigenvalue weighted by atomic mass is 16.5. The summed E-state index contributed by atoms with van der Waals surface area (Å²) in [6.45, 7) is 4.54. The molecule has 1 atom stereocenters. The van der Waals surface area contributed by atoms with E-state index in [0.717, 1.165) is 39.0 Å². The normalized spacial score (nSPS) is 18.1. The van der Waals surface area contributed by atoms with E-state index in [-0.39, 0.29) is 6.10 Å². The lowest BCUT2D eigenvalue weighted by molar-refractivity contribution is 0.116. The van der Waals surface area contributed by atoms with Gasteiger partial charge in [0.05, 0.1) is 13.2 Å². The summed E-state index contributed by atoms with van der Waals surface area (Å²) >= 11 is 0. The fourth-order valence-corrected chi connectivity index (χ4v) is 2.10. The van der Waals surface area contributed by atoms with Crippen molar-refractivity contribution in [3.8, 4) is 6.01 Å². The summed E-state index contributed by atoms with van der Waals surface area (Å²) < 4.78 is 10.8. The molecule has 0 saturated carbocycles. The van der Waals surface area contributed by atoms with Crippen LogP contribution in [0.1, 0.15) is 26.2 Å². The molecule has 0 aliphatic carbocycles. The zero-order chi connectivity index (χ0) is 14.4. The maximum Gasteiger partial charge on any atom is 0.322 e. The van der Waals surface area contributed by atoms with Gasteiger partial charge in [0, 0.05) is 26.7 Å². The number of rotatable bonds is 7. The van der Waals surface area contributed by atoms with Gasteiger partial charge in [0.15, 0.2) is 0 Å². The first-order valence-electron chi connectivity index (χ1n) is 7.09. The van der Waals surface area contributed by atoms with Gasteiger partial charge in [-0.1, -0.05) is 6.92 Å². The van der Waals surface area contributed by atoms with E-state index in [1.165, 1.54) is 0 Å². The smallest absolute Gasteiger partial charge is 0.322 e. The largest absolute Gasteiger partial charge is 0.467 e. The van der Waals surface area contributed by atoms with Crippen molar-refractivity contribution in [3.63, 3.8) is 0 Å². The predicted octanol–water partition coefficient (Wildman–Crippen LogP) is 1.32. The van der Waals surface area contributed by atoms with Crippen LogP contribution in [0.3, 0.4) is 0 Å². The highest BCUT2D eigenvalue weighted by Gasteiger charge is 2.19. The van der Waals surface area contributed by atoms with E-state index in [1.54, 1.807) is 7.11 Å². The minimum Gasteiger partial charge on any atom is -0.467 e. The van der Waals surface area contributed by atoms with Crippen LogP contribution in [0.4, 0.5) is 11.9 Å². The van der Waals surface area contributed by atoms with Crippen molar-refractivity contribution in [1.29, 1.82) is 0 Å². The van der Waals surface area contributed by atoms with Crippen molar-refractivity contribution in [2.75, 3.05) is 44.1 Å². The summed E-state index contributed by atoms with van der Waals surface area (Å²) in [5.41, 5.74) is 0. The number of nitrogens with one attached hydrogen (secondary N) is 1. The Morgan fingerprint density at radius 2 is 2.25 bits per heavy atom. The molecule has 20 heavy (non-hydrogen) atoms. The summed E-state index contributed by atoms with van der Waals surface area (Å²) in [6, 6.07) is 0.327. The Kier molecular flexibility index (Phi) is 5.34. The quantitative estimate of drug-likeness (QED) is 0.808. The number of methoxy groups -OCH3 is 1. The van der Waals surface area contributed by atoms with E-state index >= 15 is 0 Å². The van der Waals surface area contributed by atoms with Gasteiger partial charge in [-0.3, -0.25) is 0 Å². The maximum absolute atomic E-state index is 5.64. The first kappa shape index (κ1) is 14.8. The van der Waals surface area contributed by atoms with Crippen molar-refractivity contribution in [2.45, 2.75) is 32.3 Å². The molecule has 0 spiro atoms. The second-order valence-electron chi connectivity index (χ2n) is 4.89. The van der Waals surface area contributed by atoms with Crippen LogP contribution >= 0.6 is 0 Å². The number of aromatic nitrogens is 3. The molecule has 7 nitrogen and oxygen atoms in total. The number of nitrogens with zero attached hydrogens (tertiary/aromatic N) is 4. The van der Waals surface area contributed by atoms with E-state index in [2.05, 4.69) is 27.2 Å². The zero-order valence-electron chi connectivity index (χ0n) is 12.4. The molecule has 0 radical (unpaired) electrons. The zero-order valence-corrected chi connectivity index (χ0v) is 12.4. The molecule has 1 fully saturated rings. The lowest BCUT2D eigenvalue weighted by Crippen LogP contribution is -2.30. The lowest BCUT2D eigenvalue weighted by atomic mass is 10.2. The molecule has 1 N–H and O–H groups in total. The molecule has 112 valence electrons. The van der Waals surface area contributed by atoms with Crippen molar-refractivity contribution in [2.24, 2.45) is 0 Å². The van der Waals surface area contributed by atoms with Gasteiger partial charge < -0.3 is 19.7 Å². The number of ether oxygens (including phenoxy) is 2. The second-order valence-corrected chi connectivity index (χ2v) is 4.89. The third kappa shape index (κ3) is 3.93. The van der Waals surface area contributed by atoms with Crippen molar-refractivity contribution in [3.05, 3.63) is 0 Å². The summed E-state index contributed by atoms with van der Waals surface area (Å²) in [4.78, 5) is 14.9. The molecule has 1 saturated heterocycles. The van der Waals surface area contributed by atoms with Crippen LogP contribution < -0.4 is 15.0 Å². The van der Waals surface area contributed by atoms with Crippen LogP contribution in [-0.4, -0.2) is 54.9 Å². The number of hydrogen-bond donors (Lipinski definition) is 1. The molecule has 2 rings (SSSR count). The first-order chi connectivity index (χ1) is 9.72. The topological polar surface area (TPSA) is 72.4 Å². The fourth-order valence-electron chi connectivity index (χ4n) is 2.10. The molecule has 1 unspecified atom stereocenters. The Labute approximate surface area is 119 Å². The Balaban J connectivity index is 2.07. The minimum absolute atomic E-state index is 0.259. The minimum atomic E-state index is 0.259. The summed E-state index contributed by atoms with van der Waals surface area (Å²) in [5, 5.41) is 3.16. The van der Waals surface area contributed by atoms with Crippen LogP contribution in [0, 0.1) is 0 Å². The van der Waals surface area contributed by atoms with Gasteiger partial charge in [0.1, 0.15) is 0 Å². The molecule has 1 aromatic rings. The fraction of sp³-hybridized carbons (Fsp3) is 0.769. The highest BCUT2D eigenvalue weighted by Crippen LogP contribution is 2.17. The molecule has 0 bridgehead atoms. The van der Waals surface area contributed by atoms with Crippen molar-refractivity contribution in [1.82, 2.24) is 15.0 Å². The second kappa shape index (κ2) is 7.23. The number of likely N-dealkylation sites (N-methyl/N-ethyl adjacent to an activating group) is 1. The average molecular weight is 281 g/mol. The highest BCUT2D eigenvalue weighted by molar-refractivity contribution is 5.37. The van der Waals surface area contributed by atoms with Crippen LogP contribution in [0.15, 0.2) is 0 Å². The third-order valence-corrected chi connectivity index (χ3v) is 3.16. The Hall–Kier alpha value is -1.63. The summed E-state index contributed by atoms with van der Waals surface area (Å²) in [6.07, 6.45) is 3.49. The number of anilines is 2. The molecule has 1 aromatic heterocycles. The van der Waals surface area contributed by atoms with Gasteiger partial charge >= 0.3 is 6.01 Å². The van der Waals surface area contributed by atoms with Gasteiger partial charge in [-0.25, -0.2) is 0 Å². The Morgan fingerprint density at radius 3 is 2.90 bits per heavy atom. The van der Waals surface area contributed by atoms with E-state index in [9.17, 15) is 0 Å². The molecule has 7 heteroatoms. The van der Waals surface area contributed by atoms with Crippen LogP contribution in [0.5, 0.6) is 6.01 Å².